The molecule has 1 aromatic rings. The normalized spacial score (nSPS) is 29.1. The predicted molar refractivity (Wildman–Crippen MR) is 100.0 cm³/mol. The average Bonchev–Trinajstić information content (AvgIpc) is 2.91. The van der Waals surface area contributed by atoms with Gasteiger partial charge in [0.15, 0.2) is 0 Å². The molecule has 1 spiro atoms. The van der Waals surface area contributed by atoms with Crippen LogP contribution in [-0.4, -0.2) is 66.2 Å². The summed E-state index contributed by atoms with van der Waals surface area (Å²) in [5, 5.41) is 11.1. The molecular formula is C21H30N2O3. The standard InChI is InChI=1S/C21H30N2O3/c1-15(24)22-11-7-16(8-12-22)23-13-9-21(10-14-23)18-6-4-3-5-17(18)19(26-2)20(21)25/h3-6,16,19-20,25H,7-14H2,1-2H3/t19-,20+/m1/s1. The highest BCUT2D eigenvalue weighted by Gasteiger charge is 2.53. The Bertz CT molecular complexity index is 661. The predicted octanol–water partition coefficient (Wildman–Crippen LogP) is 2.09. The number of aliphatic hydroxyl groups is 1. The number of methoxy groups -OCH3 is 1. The Morgan fingerprint density at radius 2 is 1.81 bits per heavy atom. The molecule has 0 unspecified atom stereocenters. The molecule has 0 bridgehead atoms. The zero-order valence-corrected chi connectivity index (χ0v) is 15.9. The van der Waals surface area contributed by atoms with Crippen molar-refractivity contribution in [1.82, 2.24) is 9.80 Å². The number of nitrogens with zero attached hydrogens (tertiary/aromatic N) is 2. The molecule has 2 atom stereocenters. The van der Waals surface area contributed by atoms with Crippen molar-refractivity contribution in [3.8, 4) is 0 Å². The van der Waals surface area contributed by atoms with Gasteiger partial charge in [0.05, 0.1) is 6.10 Å². The van der Waals surface area contributed by atoms with Crippen molar-refractivity contribution in [2.75, 3.05) is 33.3 Å². The fourth-order valence-corrected chi connectivity index (χ4v) is 5.47. The molecule has 0 radical (unpaired) electrons. The smallest absolute Gasteiger partial charge is 0.219 e. The molecule has 1 aliphatic carbocycles. The average molecular weight is 358 g/mol. The molecule has 2 aliphatic heterocycles. The zero-order valence-electron chi connectivity index (χ0n) is 15.9. The second-order valence-electron chi connectivity index (χ2n) is 8.12. The van der Waals surface area contributed by atoms with E-state index in [1.807, 2.05) is 11.0 Å². The first kappa shape index (κ1) is 18.0. The molecule has 1 amide bonds. The number of benzene rings is 1. The summed E-state index contributed by atoms with van der Waals surface area (Å²) in [7, 11) is 1.70. The Kier molecular flexibility index (Phi) is 4.80. The fourth-order valence-electron chi connectivity index (χ4n) is 5.47. The van der Waals surface area contributed by atoms with Crippen molar-refractivity contribution < 1.29 is 14.6 Å². The fraction of sp³-hybridized carbons (Fsp3) is 0.667. The summed E-state index contributed by atoms with van der Waals surface area (Å²) in [5.41, 5.74) is 2.27. The van der Waals surface area contributed by atoms with Crippen LogP contribution in [0.5, 0.6) is 0 Å². The highest BCUT2D eigenvalue weighted by atomic mass is 16.5. The van der Waals surface area contributed by atoms with Gasteiger partial charge in [-0.25, -0.2) is 0 Å². The van der Waals surface area contributed by atoms with E-state index in [-0.39, 0.29) is 17.4 Å². The number of carbonyl (C=O) groups is 1. The van der Waals surface area contributed by atoms with Gasteiger partial charge in [0.1, 0.15) is 6.10 Å². The van der Waals surface area contributed by atoms with E-state index in [1.165, 1.54) is 5.56 Å². The Morgan fingerprint density at radius 1 is 1.15 bits per heavy atom. The van der Waals surface area contributed by atoms with E-state index in [1.54, 1.807) is 14.0 Å². The maximum Gasteiger partial charge on any atom is 0.219 e. The van der Waals surface area contributed by atoms with Crippen molar-refractivity contribution in [3.63, 3.8) is 0 Å². The lowest BCUT2D eigenvalue weighted by molar-refractivity contribution is -0.130. The van der Waals surface area contributed by atoms with Gasteiger partial charge in [-0.05, 0) is 49.9 Å². The maximum atomic E-state index is 11.5. The van der Waals surface area contributed by atoms with Crippen LogP contribution in [0.4, 0.5) is 0 Å². The minimum atomic E-state index is -0.466. The molecule has 5 heteroatoms. The number of aliphatic hydroxyl groups excluding tert-OH is 1. The van der Waals surface area contributed by atoms with Crippen molar-refractivity contribution >= 4 is 5.91 Å². The summed E-state index contributed by atoms with van der Waals surface area (Å²) >= 11 is 0. The lowest BCUT2D eigenvalue weighted by Gasteiger charge is -2.46. The van der Waals surface area contributed by atoms with Gasteiger partial charge in [0.25, 0.3) is 0 Å². The van der Waals surface area contributed by atoms with Crippen molar-refractivity contribution in [2.45, 2.75) is 56.3 Å². The highest BCUT2D eigenvalue weighted by molar-refractivity contribution is 5.73. The number of piperidine rings is 2. The Morgan fingerprint density at radius 3 is 2.42 bits per heavy atom. The molecule has 0 aromatic heterocycles. The summed E-state index contributed by atoms with van der Waals surface area (Å²) in [6, 6.07) is 8.96. The minimum Gasteiger partial charge on any atom is -0.389 e. The van der Waals surface area contributed by atoms with Gasteiger partial charge in [0.2, 0.25) is 5.91 Å². The third kappa shape index (κ3) is 2.77. The van der Waals surface area contributed by atoms with E-state index in [2.05, 4.69) is 23.1 Å². The van der Waals surface area contributed by atoms with E-state index in [4.69, 9.17) is 4.74 Å². The van der Waals surface area contributed by atoms with Gasteiger partial charge in [0, 0.05) is 38.6 Å². The molecule has 2 fully saturated rings. The van der Waals surface area contributed by atoms with Gasteiger partial charge in [-0.2, -0.15) is 0 Å². The van der Waals surface area contributed by atoms with Crippen molar-refractivity contribution in [1.29, 1.82) is 0 Å². The largest absolute Gasteiger partial charge is 0.389 e. The van der Waals surface area contributed by atoms with E-state index in [0.29, 0.717) is 6.04 Å². The lowest BCUT2D eigenvalue weighted by atomic mass is 9.71. The van der Waals surface area contributed by atoms with Crippen molar-refractivity contribution in [3.05, 3.63) is 35.4 Å². The number of rotatable bonds is 2. The van der Waals surface area contributed by atoms with Crippen LogP contribution in [0.15, 0.2) is 24.3 Å². The topological polar surface area (TPSA) is 53.0 Å². The molecule has 2 heterocycles. The molecule has 4 rings (SSSR count). The number of hydrogen-bond acceptors (Lipinski definition) is 4. The second kappa shape index (κ2) is 6.95. The van der Waals surface area contributed by atoms with Crippen LogP contribution in [-0.2, 0) is 14.9 Å². The first-order valence-corrected chi connectivity index (χ1v) is 9.86. The molecule has 26 heavy (non-hydrogen) atoms. The number of amides is 1. The highest BCUT2D eigenvalue weighted by Crippen LogP contribution is 2.52. The van der Waals surface area contributed by atoms with Gasteiger partial charge >= 0.3 is 0 Å². The Balaban J connectivity index is 1.46. The monoisotopic (exact) mass is 358 g/mol. The SMILES string of the molecule is CO[C@@H]1c2ccccc2C2(CCN(C3CCN(C(C)=O)CC3)CC2)[C@H]1O. The first-order chi connectivity index (χ1) is 12.6. The summed E-state index contributed by atoms with van der Waals surface area (Å²) < 4.78 is 5.65. The molecule has 3 aliphatic rings. The second-order valence-corrected chi connectivity index (χ2v) is 8.12. The molecule has 5 nitrogen and oxygen atoms in total. The lowest BCUT2D eigenvalue weighted by Crippen LogP contribution is -2.53. The van der Waals surface area contributed by atoms with E-state index in [9.17, 15) is 9.90 Å². The van der Waals surface area contributed by atoms with E-state index >= 15 is 0 Å². The van der Waals surface area contributed by atoms with E-state index < -0.39 is 6.10 Å². The summed E-state index contributed by atoms with van der Waals surface area (Å²) in [4.78, 5) is 16.1. The number of ether oxygens (including phenoxy) is 1. The maximum absolute atomic E-state index is 11.5. The van der Waals surface area contributed by atoms with Crippen LogP contribution >= 0.6 is 0 Å². The minimum absolute atomic E-state index is 0.173. The third-order valence-electron chi connectivity index (χ3n) is 7.03. The zero-order chi connectivity index (χ0) is 18.3. The Labute approximate surface area is 155 Å². The van der Waals surface area contributed by atoms with Crippen LogP contribution in [0.2, 0.25) is 0 Å². The molecular weight excluding hydrogens is 328 g/mol. The molecule has 0 saturated carbocycles. The number of hydrogen-bond donors (Lipinski definition) is 1. The number of carbonyl (C=O) groups excluding carboxylic acids is 1. The van der Waals surface area contributed by atoms with Crippen molar-refractivity contribution in [2.24, 2.45) is 0 Å². The summed E-state index contributed by atoms with van der Waals surface area (Å²) in [6.07, 6.45) is 3.39. The molecule has 2 saturated heterocycles. The van der Waals surface area contributed by atoms with Crippen LogP contribution in [0.25, 0.3) is 0 Å². The molecule has 142 valence electrons. The van der Waals surface area contributed by atoms with Gasteiger partial charge in [-0.15, -0.1) is 0 Å². The van der Waals surface area contributed by atoms with Gasteiger partial charge in [-0.1, -0.05) is 24.3 Å². The Hall–Kier alpha value is -1.43. The van der Waals surface area contributed by atoms with Crippen LogP contribution in [0.3, 0.4) is 0 Å². The number of fused-ring (bicyclic) bond motifs is 2. The first-order valence-electron chi connectivity index (χ1n) is 9.86. The molecule has 1 aromatic carbocycles. The van der Waals surface area contributed by atoms with Gasteiger partial charge < -0.3 is 19.6 Å². The van der Waals surface area contributed by atoms with E-state index in [0.717, 1.165) is 57.4 Å². The van der Waals surface area contributed by atoms with Crippen LogP contribution in [0.1, 0.15) is 49.8 Å². The third-order valence-corrected chi connectivity index (χ3v) is 7.03. The molecule has 1 N–H and O–H groups in total. The summed E-state index contributed by atoms with van der Waals surface area (Å²) in [5.74, 6) is 0.192. The quantitative estimate of drug-likeness (QED) is 0.880. The van der Waals surface area contributed by atoms with Gasteiger partial charge in [-0.3, -0.25) is 4.79 Å². The number of likely N-dealkylation sites (tertiary alicyclic amines) is 2. The van der Waals surface area contributed by atoms with Crippen LogP contribution < -0.4 is 0 Å². The van der Waals surface area contributed by atoms with Crippen LogP contribution in [0, 0.1) is 0 Å². The summed E-state index contributed by atoms with van der Waals surface area (Å²) in [6.45, 7) is 5.42.